The molecule has 0 bridgehead atoms. The Hall–Kier alpha value is -0.0800. The Labute approximate surface area is 113 Å². The molecule has 1 atom stereocenters. The van der Waals surface area contributed by atoms with E-state index < -0.39 is 0 Å². The molecule has 1 saturated carbocycles. The second kappa shape index (κ2) is 5.92. The summed E-state index contributed by atoms with van der Waals surface area (Å²) in [5.74, 6) is 1.74. The first kappa shape index (κ1) is 14.3. The van der Waals surface area contributed by atoms with Crippen LogP contribution in [0.4, 0.5) is 0 Å². The summed E-state index contributed by atoms with van der Waals surface area (Å²) < 4.78 is 0. The van der Waals surface area contributed by atoms with Gasteiger partial charge in [0, 0.05) is 18.1 Å². The molecule has 2 heteroatoms. The maximum atomic E-state index is 6.23. The second-order valence-corrected chi connectivity index (χ2v) is 6.93. The van der Waals surface area contributed by atoms with Crippen LogP contribution < -0.4 is 5.73 Å². The van der Waals surface area contributed by atoms with Gasteiger partial charge in [-0.1, -0.05) is 27.2 Å². The van der Waals surface area contributed by atoms with Gasteiger partial charge in [-0.2, -0.15) is 0 Å². The Bertz CT molecular complexity index is 254. The molecule has 2 N–H and O–H groups in total. The van der Waals surface area contributed by atoms with E-state index >= 15 is 0 Å². The standard InChI is InChI=1S/C16H32N2/c1-4-14-7-9-16(12-17,10-8-14)18-11-5-6-15(18)13(2)3/h13-15H,4-12,17H2,1-3H3. The Morgan fingerprint density at radius 3 is 2.39 bits per heavy atom. The molecular weight excluding hydrogens is 220 g/mol. The van der Waals surface area contributed by atoms with Crippen LogP contribution in [0.1, 0.15) is 65.7 Å². The van der Waals surface area contributed by atoms with Crippen molar-refractivity contribution in [2.75, 3.05) is 13.1 Å². The fraction of sp³-hybridized carbons (Fsp3) is 1.00. The lowest BCUT2D eigenvalue weighted by atomic mass is 9.74. The number of hydrogen-bond donors (Lipinski definition) is 1. The minimum Gasteiger partial charge on any atom is -0.329 e. The summed E-state index contributed by atoms with van der Waals surface area (Å²) in [4.78, 5) is 2.81. The molecule has 2 fully saturated rings. The maximum absolute atomic E-state index is 6.23. The summed E-state index contributed by atoms with van der Waals surface area (Å²) >= 11 is 0. The van der Waals surface area contributed by atoms with Crippen LogP contribution in [0.25, 0.3) is 0 Å². The van der Waals surface area contributed by atoms with Gasteiger partial charge in [-0.15, -0.1) is 0 Å². The molecule has 0 amide bonds. The summed E-state index contributed by atoms with van der Waals surface area (Å²) in [5, 5.41) is 0. The molecule has 2 nitrogen and oxygen atoms in total. The number of nitrogens with zero attached hydrogens (tertiary/aromatic N) is 1. The van der Waals surface area contributed by atoms with Gasteiger partial charge in [-0.25, -0.2) is 0 Å². The molecule has 0 aromatic rings. The molecule has 1 aliphatic heterocycles. The molecule has 0 aromatic carbocycles. The minimum atomic E-state index is 0.344. The van der Waals surface area contributed by atoms with E-state index in [1.165, 1.54) is 51.5 Å². The lowest BCUT2D eigenvalue weighted by molar-refractivity contribution is 0.0174. The predicted molar refractivity (Wildman–Crippen MR) is 78.6 cm³/mol. The van der Waals surface area contributed by atoms with E-state index in [4.69, 9.17) is 5.73 Å². The van der Waals surface area contributed by atoms with E-state index in [0.29, 0.717) is 5.54 Å². The average Bonchev–Trinajstić information content (AvgIpc) is 2.89. The highest BCUT2D eigenvalue weighted by Gasteiger charge is 2.44. The predicted octanol–water partition coefficient (Wildman–Crippen LogP) is 3.40. The quantitative estimate of drug-likeness (QED) is 0.831. The molecule has 106 valence electrons. The third-order valence-corrected chi connectivity index (χ3v) is 5.67. The van der Waals surface area contributed by atoms with Crippen molar-refractivity contribution in [3.63, 3.8) is 0 Å². The molecule has 1 unspecified atom stereocenters. The van der Waals surface area contributed by atoms with Crippen molar-refractivity contribution >= 4 is 0 Å². The van der Waals surface area contributed by atoms with Gasteiger partial charge in [0.1, 0.15) is 0 Å². The first-order valence-electron chi connectivity index (χ1n) is 8.10. The van der Waals surface area contributed by atoms with E-state index in [9.17, 15) is 0 Å². The zero-order valence-corrected chi connectivity index (χ0v) is 12.6. The van der Waals surface area contributed by atoms with Gasteiger partial charge in [0.15, 0.2) is 0 Å². The summed E-state index contributed by atoms with van der Waals surface area (Å²) in [7, 11) is 0. The van der Waals surface area contributed by atoms with Gasteiger partial charge in [-0.3, -0.25) is 4.90 Å². The highest BCUT2D eigenvalue weighted by Crippen LogP contribution is 2.41. The molecule has 18 heavy (non-hydrogen) atoms. The van der Waals surface area contributed by atoms with Gasteiger partial charge < -0.3 is 5.73 Å². The highest BCUT2D eigenvalue weighted by atomic mass is 15.3. The summed E-state index contributed by atoms with van der Waals surface area (Å²) in [6.07, 6.45) is 9.59. The molecule has 0 spiro atoms. The number of likely N-dealkylation sites (tertiary alicyclic amines) is 1. The van der Waals surface area contributed by atoms with Gasteiger partial charge in [-0.05, 0) is 56.9 Å². The van der Waals surface area contributed by atoms with Crippen molar-refractivity contribution in [3.8, 4) is 0 Å². The molecule has 0 aromatic heterocycles. The Morgan fingerprint density at radius 2 is 1.89 bits per heavy atom. The summed E-state index contributed by atoms with van der Waals surface area (Å²) in [5.41, 5.74) is 6.57. The first-order chi connectivity index (χ1) is 8.63. The van der Waals surface area contributed by atoms with Gasteiger partial charge in [0.2, 0.25) is 0 Å². The molecule has 2 aliphatic rings. The lowest BCUT2D eigenvalue weighted by Crippen LogP contribution is -2.58. The van der Waals surface area contributed by atoms with Crippen LogP contribution in [0, 0.1) is 11.8 Å². The van der Waals surface area contributed by atoms with Crippen LogP contribution in [0.15, 0.2) is 0 Å². The van der Waals surface area contributed by atoms with Crippen LogP contribution >= 0.6 is 0 Å². The lowest BCUT2D eigenvalue weighted by Gasteiger charge is -2.49. The second-order valence-electron chi connectivity index (χ2n) is 6.93. The zero-order valence-electron chi connectivity index (χ0n) is 12.6. The van der Waals surface area contributed by atoms with Crippen LogP contribution in [-0.2, 0) is 0 Å². The topological polar surface area (TPSA) is 29.3 Å². The molecule has 2 rings (SSSR count). The largest absolute Gasteiger partial charge is 0.329 e. The van der Waals surface area contributed by atoms with E-state index in [0.717, 1.165) is 24.4 Å². The smallest absolute Gasteiger partial charge is 0.0334 e. The van der Waals surface area contributed by atoms with Gasteiger partial charge in [0.05, 0.1) is 0 Å². The van der Waals surface area contributed by atoms with Crippen molar-refractivity contribution in [3.05, 3.63) is 0 Å². The fourth-order valence-corrected chi connectivity index (χ4v) is 4.31. The van der Waals surface area contributed by atoms with Gasteiger partial charge >= 0.3 is 0 Å². The van der Waals surface area contributed by atoms with Crippen LogP contribution in [-0.4, -0.2) is 29.6 Å². The average molecular weight is 252 g/mol. The van der Waals surface area contributed by atoms with Gasteiger partial charge in [0.25, 0.3) is 0 Å². The number of rotatable bonds is 4. The highest BCUT2D eigenvalue weighted by molar-refractivity contribution is 5.00. The molecule has 1 saturated heterocycles. The maximum Gasteiger partial charge on any atom is 0.0334 e. The van der Waals surface area contributed by atoms with Crippen molar-refractivity contribution < 1.29 is 0 Å². The SMILES string of the molecule is CCC1CCC(CN)(N2CCCC2C(C)C)CC1. The van der Waals surface area contributed by atoms with E-state index in [-0.39, 0.29) is 0 Å². The van der Waals surface area contributed by atoms with E-state index in [1.54, 1.807) is 0 Å². The number of nitrogens with two attached hydrogens (primary N) is 1. The first-order valence-corrected chi connectivity index (χ1v) is 8.10. The summed E-state index contributed by atoms with van der Waals surface area (Å²) in [6.45, 7) is 9.26. The van der Waals surface area contributed by atoms with Crippen LogP contribution in [0.3, 0.4) is 0 Å². The zero-order chi connectivity index (χ0) is 13.2. The normalized spacial score (nSPS) is 38.5. The molecule has 0 radical (unpaired) electrons. The van der Waals surface area contributed by atoms with E-state index in [1.807, 2.05) is 0 Å². The molecule has 1 aliphatic carbocycles. The molecule has 1 heterocycles. The Balaban J connectivity index is 2.08. The summed E-state index contributed by atoms with van der Waals surface area (Å²) in [6, 6.07) is 0.784. The van der Waals surface area contributed by atoms with E-state index in [2.05, 4.69) is 25.7 Å². The van der Waals surface area contributed by atoms with Crippen molar-refractivity contribution in [2.45, 2.75) is 77.3 Å². The van der Waals surface area contributed by atoms with Crippen molar-refractivity contribution in [1.29, 1.82) is 0 Å². The Kier molecular flexibility index (Phi) is 4.71. The Morgan fingerprint density at radius 1 is 1.22 bits per heavy atom. The monoisotopic (exact) mass is 252 g/mol. The van der Waals surface area contributed by atoms with Crippen LogP contribution in [0.2, 0.25) is 0 Å². The van der Waals surface area contributed by atoms with Crippen molar-refractivity contribution in [2.24, 2.45) is 17.6 Å². The molecular formula is C16H32N2. The van der Waals surface area contributed by atoms with Crippen LogP contribution in [0.5, 0.6) is 0 Å². The third-order valence-electron chi connectivity index (χ3n) is 5.67. The fourth-order valence-electron chi connectivity index (χ4n) is 4.31. The minimum absolute atomic E-state index is 0.344. The number of hydrogen-bond acceptors (Lipinski definition) is 2. The third kappa shape index (κ3) is 2.60. The van der Waals surface area contributed by atoms with Crippen molar-refractivity contribution in [1.82, 2.24) is 4.90 Å².